The van der Waals surface area contributed by atoms with Crippen LogP contribution in [-0.2, 0) is 21.0 Å². The van der Waals surface area contributed by atoms with Gasteiger partial charge in [0, 0.05) is 26.2 Å². The van der Waals surface area contributed by atoms with Crippen LogP contribution in [0.4, 0.5) is 13.2 Å². The van der Waals surface area contributed by atoms with Gasteiger partial charge in [0.05, 0.1) is 16.0 Å². The fraction of sp³-hybridized carbons (Fsp3) is 0.562. The van der Waals surface area contributed by atoms with Crippen LogP contribution in [0.5, 0.6) is 0 Å². The molecule has 1 heterocycles. The number of rotatable bonds is 3. The predicted octanol–water partition coefficient (Wildman–Crippen LogP) is 3.78. The first-order valence-corrected chi connectivity index (χ1v) is 10.8. The highest BCUT2D eigenvalue weighted by atomic mass is 35.5. The van der Waals surface area contributed by atoms with E-state index >= 15 is 0 Å². The minimum absolute atomic E-state index is 0.0751. The molecule has 2 fully saturated rings. The minimum Gasteiger partial charge on any atom is -0.339 e. The summed E-state index contributed by atoms with van der Waals surface area (Å²) >= 11 is 17.9. The van der Waals surface area contributed by atoms with E-state index in [9.17, 15) is 26.4 Å². The quantitative estimate of drug-likeness (QED) is 0.620. The average Bonchev–Trinajstić information content (AvgIpc) is 3.12. The summed E-state index contributed by atoms with van der Waals surface area (Å²) in [7, 11) is -4.26. The normalized spacial score (nSPS) is 25.6. The number of alkyl halides is 5. The summed E-state index contributed by atoms with van der Waals surface area (Å²) < 4.78 is 64.3. The molecule has 1 aromatic rings. The number of sulfonamides is 1. The van der Waals surface area contributed by atoms with Crippen molar-refractivity contribution in [1.29, 1.82) is 0 Å². The molecule has 1 atom stereocenters. The van der Waals surface area contributed by atoms with Gasteiger partial charge >= 0.3 is 6.18 Å². The van der Waals surface area contributed by atoms with Crippen LogP contribution < -0.4 is 0 Å². The Morgan fingerprint density at radius 2 is 1.68 bits per heavy atom. The van der Waals surface area contributed by atoms with Crippen LogP contribution in [0, 0.1) is 5.41 Å². The summed E-state index contributed by atoms with van der Waals surface area (Å²) in [5, 5.41) is -0.300. The Bertz CT molecular complexity index is 915. The number of carbonyl (C=O) groups is 1. The van der Waals surface area contributed by atoms with E-state index in [0.29, 0.717) is 12.5 Å². The summed E-state index contributed by atoms with van der Waals surface area (Å²) in [5.74, 6) is -0.272. The fourth-order valence-electron chi connectivity index (χ4n) is 3.13. The van der Waals surface area contributed by atoms with Crippen LogP contribution in [0.25, 0.3) is 0 Å². The lowest BCUT2D eigenvalue weighted by Gasteiger charge is -2.35. The molecular formula is C16H16Cl3F3N2O3S. The third kappa shape index (κ3) is 3.71. The Labute approximate surface area is 175 Å². The van der Waals surface area contributed by atoms with Crippen LogP contribution in [-0.4, -0.2) is 54.0 Å². The van der Waals surface area contributed by atoms with Gasteiger partial charge in [-0.05, 0) is 31.5 Å². The lowest BCUT2D eigenvalue weighted by Crippen LogP contribution is -2.52. The summed E-state index contributed by atoms with van der Waals surface area (Å²) in [6.45, 7) is 1.64. The number of hydrogen-bond donors (Lipinski definition) is 0. The summed E-state index contributed by atoms with van der Waals surface area (Å²) in [6, 6.07) is 2.15. The fourth-order valence-corrected chi connectivity index (χ4v) is 5.75. The summed E-state index contributed by atoms with van der Waals surface area (Å²) in [4.78, 5) is 13.4. The number of carbonyl (C=O) groups excluding carboxylic acids is 1. The van der Waals surface area contributed by atoms with Crippen LogP contribution in [0.15, 0.2) is 23.1 Å². The van der Waals surface area contributed by atoms with Crippen molar-refractivity contribution in [2.75, 3.05) is 26.2 Å². The Morgan fingerprint density at radius 3 is 2.14 bits per heavy atom. The molecule has 5 nitrogen and oxygen atoms in total. The molecule has 1 saturated carbocycles. The number of amides is 1. The second-order valence-electron chi connectivity index (χ2n) is 7.05. The average molecular weight is 480 g/mol. The number of nitrogens with zero attached hydrogens (tertiary/aromatic N) is 2. The number of benzene rings is 1. The van der Waals surface area contributed by atoms with Gasteiger partial charge in [0.25, 0.3) is 0 Å². The Balaban J connectivity index is 1.76. The molecule has 0 radical (unpaired) electrons. The lowest BCUT2D eigenvalue weighted by atomic mass is 10.1. The van der Waals surface area contributed by atoms with Crippen molar-refractivity contribution in [2.24, 2.45) is 5.41 Å². The van der Waals surface area contributed by atoms with Gasteiger partial charge in [-0.3, -0.25) is 4.79 Å². The third-order valence-electron chi connectivity index (χ3n) is 5.13. The molecule has 0 spiro atoms. The number of halogens is 6. The van der Waals surface area contributed by atoms with Crippen LogP contribution >= 0.6 is 34.8 Å². The van der Waals surface area contributed by atoms with Crippen molar-refractivity contribution >= 4 is 50.7 Å². The largest absolute Gasteiger partial charge is 0.416 e. The number of hydrogen-bond acceptors (Lipinski definition) is 3. The van der Waals surface area contributed by atoms with Crippen molar-refractivity contribution in [3.63, 3.8) is 0 Å². The zero-order chi connectivity index (χ0) is 21.1. The molecule has 1 aromatic carbocycles. The van der Waals surface area contributed by atoms with E-state index in [1.54, 1.807) is 6.92 Å². The van der Waals surface area contributed by atoms with Gasteiger partial charge in [-0.1, -0.05) is 11.6 Å². The van der Waals surface area contributed by atoms with Gasteiger partial charge in [-0.15, -0.1) is 23.2 Å². The minimum atomic E-state index is -4.70. The van der Waals surface area contributed by atoms with E-state index in [2.05, 4.69) is 0 Å². The van der Waals surface area contributed by atoms with Crippen LogP contribution in [0.2, 0.25) is 5.02 Å². The molecular weight excluding hydrogens is 464 g/mol. The topological polar surface area (TPSA) is 57.7 Å². The first kappa shape index (κ1) is 22.0. The molecule has 0 N–H and O–H groups in total. The molecule has 12 heteroatoms. The lowest BCUT2D eigenvalue weighted by molar-refractivity contribution is -0.138. The van der Waals surface area contributed by atoms with Crippen molar-refractivity contribution in [1.82, 2.24) is 9.21 Å². The molecule has 1 unspecified atom stereocenters. The Kier molecular flexibility index (Phi) is 5.41. The molecule has 2 aliphatic rings. The highest BCUT2D eigenvalue weighted by Crippen LogP contribution is 2.64. The maximum absolute atomic E-state index is 12.9. The predicted molar refractivity (Wildman–Crippen MR) is 99.0 cm³/mol. The second-order valence-corrected chi connectivity index (χ2v) is 10.9. The van der Waals surface area contributed by atoms with E-state index in [4.69, 9.17) is 34.8 Å². The highest BCUT2D eigenvalue weighted by Gasteiger charge is 2.68. The molecule has 156 valence electrons. The highest BCUT2D eigenvalue weighted by molar-refractivity contribution is 7.89. The van der Waals surface area contributed by atoms with E-state index in [-0.39, 0.29) is 37.1 Å². The van der Waals surface area contributed by atoms with Crippen molar-refractivity contribution in [2.45, 2.75) is 28.7 Å². The van der Waals surface area contributed by atoms with Gasteiger partial charge in [-0.2, -0.15) is 17.5 Å². The van der Waals surface area contributed by atoms with Crippen LogP contribution in [0.3, 0.4) is 0 Å². The molecule has 0 bridgehead atoms. The van der Waals surface area contributed by atoms with Gasteiger partial charge in [-0.25, -0.2) is 8.42 Å². The van der Waals surface area contributed by atoms with Gasteiger partial charge < -0.3 is 4.90 Å². The molecule has 3 rings (SSSR count). The molecule has 0 aromatic heterocycles. The summed E-state index contributed by atoms with van der Waals surface area (Å²) in [5.41, 5.74) is -2.02. The zero-order valence-electron chi connectivity index (χ0n) is 14.6. The second kappa shape index (κ2) is 6.91. The molecule has 1 aliphatic heterocycles. The maximum Gasteiger partial charge on any atom is 0.416 e. The van der Waals surface area contributed by atoms with Gasteiger partial charge in [0.2, 0.25) is 15.9 Å². The molecule has 1 amide bonds. The first-order chi connectivity index (χ1) is 12.7. The zero-order valence-corrected chi connectivity index (χ0v) is 17.6. The molecule has 1 aliphatic carbocycles. The van der Waals surface area contributed by atoms with E-state index < -0.39 is 36.4 Å². The Hall–Kier alpha value is -0.740. The van der Waals surface area contributed by atoms with E-state index in [1.165, 1.54) is 4.90 Å². The first-order valence-electron chi connectivity index (χ1n) is 8.24. The van der Waals surface area contributed by atoms with Crippen molar-refractivity contribution in [3.8, 4) is 0 Å². The number of piperazine rings is 1. The Morgan fingerprint density at radius 1 is 1.14 bits per heavy atom. The third-order valence-corrected chi connectivity index (χ3v) is 8.61. The van der Waals surface area contributed by atoms with Crippen molar-refractivity contribution in [3.05, 3.63) is 28.8 Å². The molecule has 1 saturated heterocycles. The SMILES string of the molecule is CC1(C(=O)N2CCN(S(=O)(=O)c3cc(C(F)(F)F)ccc3Cl)CC2)CC1(Cl)Cl. The summed E-state index contributed by atoms with van der Waals surface area (Å²) in [6.07, 6.45) is -4.39. The standard InChI is InChI=1S/C16H16Cl3F3N2O3S/c1-14(9-15(14,18)19)13(25)23-4-6-24(7-5-23)28(26,27)12-8-10(16(20,21)22)2-3-11(12)17/h2-3,8H,4-7,9H2,1H3. The molecule has 28 heavy (non-hydrogen) atoms. The monoisotopic (exact) mass is 478 g/mol. The van der Waals surface area contributed by atoms with Crippen molar-refractivity contribution < 1.29 is 26.4 Å². The smallest absolute Gasteiger partial charge is 0.339 e. The maximum atomic E-state index is 12.9. The van der Waals surface area contributed by atoms with E-state index in [1.807, 2.05) is 0 Å². The van der Waals surface area contributed by atoms with Crippen LogP contribution in [0.1, 0.15) is 18.9 Å². The van der Waals surface area contributed by atoms with E-state index in [0.717, 1.165) is 16.4 Å². The van der Waals surface area contributed by atoms with Gasteiger partial charge in [0.15, 0.2) is 0 Å². The van der Waals surface area contributed by atoms with Gasteiger partial charge in [0.1, 0.15) is 9.23 Å².